The third-order valence-electron chi connectivity index (χ3n) is 5.76. The molecular formula is C19H23N5O4S. The molecule has 10 heteroatoms. The molecule has 29 heavy (non-hydrogen) atoms. The fourth-order valence-corrected chi connectivity index (χ4v) is 4.85. The maximum atomic E-state index is 12.8. The summed E-state index contributed by atoms with van der Waals surface area (Å²) in [6.45, 7) is 3.78. The van der Waals surface area contributed by atoms with Gasteiger partial charge in [-0.15, -0.1) is 11.3 Å². The lowest BCUT2D eigenvalue weighted by Crippen LogP contribution is -2.52. The van der Waals surface area contributed by atoms with E-state index in [2.05, 4.69) is 22.7 Å². The van der Waals surface area contributed by atoms with Crippen LogP contribution in [-0.4, -0.2) is 37.9 Å². The summed E-state index contributed by atoms with van der Waals surface area (Å²) in [7, 11) is 0. The standard InChI is InChI=1S/C19H23N5O4S/c1-3-12-8-13-15(29-12)20-10-23(16(13)26)9-14(25)22-24-17(27)19(21-18(24)28)6-4-11(2)5-7-19/h8,10-11H,3-7,9H2,1-2H3,(H,21,28)(H,22,25). The molecule has 2 N–H and O–H groups in total. The normalized spacial score (nSPS) is 24.3. The van der Waals surface area contributed by atoms with E-state index in [-0.39, 0.29) is 12.1 Å². The lowest BCUT2D eigenvalue weighted by molar-refractivity contribution is -0.140. The number of fused-ring (bicyclic) bond motifs is 1. The van der Waals surface area contributed by atoms with E-state index < -0.39 is 23.4 Å². The summed E-state index contributed by atoms with van der Waals surface area (Å²) in [4.78, 5) is 56.1. The minimum absolute atomic E-state index is 0.323. The summed E-state index contributed by atoms with van der Waals surface area (Å²) < 4.78 is 1.18. The maximum absolute atomic E-state index is 12.8. The second kappa shape index (κ2) is 7.25. The molecule has 0 radical (unpaired) electrons. The van der Waals surface area contributed by atoms with E-state index in [0.717, 1.165) is 29.1 Å². The first-order valence-corrected chi connectivity index (χ1v) is 10.6. The molecule has 4 amide bonds. The molecule has 0 atom stereocenters. The highest BCUT2D eigenvalue weighted by atomic mass is 32.1. The number of rotatable bonds is 4. The molecule has 1 aliphatic heterocycles. The van der Waals surface area contributed by atoms with Gasteiger partial charge in [0.2, 0.25) is 0 Å². The summed E-state index contributed by atoms with van der Waals surface area (Å²) in [6.07, 6.45) is 4.92. The monoisotopic (exact) mass is 417 g/mol. The van der Waals surface area contributed by atoms with Crippen molar-refractivity contribution in [2.75, 3.05) is 0 Å². The number of urea groups is 1. The van der Waals surface area contributed by atoms with E-state index in [4.69, 9.17) is 0 Å². The van der Waals surface area contributed by atoms with Crippen LogP contribution < -0.4 is 16.3 Å². The molecule has 1 saturated carbocycles. The van der Waals surface area contributed by atoms with Crippen molar-refractivity contribution in [3.8, 4) is 0 Å². The molecule has 2 fully saturated rings. The Morgan fingerprint density at radius 1 is 1.34 bits per heavy atom. The lowest BCUT2D eigenvalue weighted by atomic mass is 9.77. The molecule has 1 saturated heterocycles. The second-order valence-electron chi connectivity index (χ2n) is 7.83. The van der Waals surface area contributed by atoms with Gasteiger partial charge in [0.1, 0.15) is 16.9 Å². The van der Waals surface area contributed by atoms with Crippen molar-refractivity contribution in [2.24, 2.45) is 5.92 Å². The van der Waals surface area contributed by atoms with Crippen LogP contribution in [0.5, 0.6) is 0 Å². The minimum atomic E-state index is -0.929. The SMILES string of the molecule is CCc1cc2c(=O)n(CC(=O)NN3C(=O)NC4(CCC(C)CC4)C3=O)cnc2s1. The number of hydrogen-bond donors (Lipinski definition) is 2. The molecule has 3 heterocycles. The molecule has 2 aliphatic rings. The van der Waals surface area contributed by atoms with Crippen LogP contribution >= 0.6 is 11.3 Å². The first-order valence-electron chi connectivity index (χ1n) is 9.77. The number of carbonyl (C=O) groups excluding carboxylic acids is 3. The Balaban J connectivity index is 1.48. The van der Waals surface area contributed by atoms with Crippen LogP contribution in [0.4, 0.5) is 4.79 Å². The third-order valence-corrected chi connectivity index (χ3v) is 6.95. The van der Waals surface area contributed by atoms with Crippen LogP contribution in [0, 0.1) is 5.92 Å². The maximum Gasteiger partial charge on any atom is 0.344 e. The summed E-state index contributed by atoms with van der Waals surface area (Å²) in [5.74, 6) is -0.563. The van der Waals surface area contributed by atoms with Crippen LogP contribution in [0.15, 0.2) is 17.2 Å². The average molecular weight is 417 g/mol. The fourth-order valence-electron chi connectivity index (χ4n) is 3.93. The van der Waals surface area contributed by atoms with Crippen molar-refractivity contribution in [2.45, 2.75) is 58.0 Å². The van der Waals surface area contributed by atoms with Gasteiger partial charge in [-0.2, -0.15) is 5.01 Å². The smallest absolute Gasteiger partial charge is 0.322 e. The van der Waals surface area contributed by atoms with Crippen LogP contribution in [0.1, 0.15) is 44.4 Å². The van der Waals surface area contributed by atoms with Gasteiger partial charge in [0.25, 0.3) is 17.4 Å². The van der Waals surface area contributed by atoms with Crippen molar-refractivity contribution in [3.63, 3.8) is 0 Å². The highest BCUT2D eigenvalue weighted by Crippen LogP contribution is 2.35. The van der Waals surface area contributed by atoms with Crippen molar-refractivity contribution in [3.05, 3.63) is 27.6 Å². The van der Waals surface area contributed by atoms with Gasteiger partial charge >= 0.3 is 6.03 Å². The van der Waals surface area contributed by atoms with Gasteiger partial charge in [-0.05, 0) is 44.1 Å². The summed E-state index contributed by atoms with van der Waals surface area (Å²) >= 11 is 1.45. The van der Waals surface area contributed by atoms with E-state index in [1.165, 1.54) is 22.2 Å². The number of carbonyl (C=O) groups is 3. The fraction of sp³-hybridized carbons (Fsp3) is 0.526. The Morgan fingerprint density at radius 2 is 2.07 bits per heavy atom. The van der Waals surface area contributed by atoms with Crippen molar-refractivity contribution < 1.29 is 14.4 Å². The molecule has 2 aromatic heterocycles. The van der Waals surface area contributed by atoms with Crippen LogP contribution in [0.3, 0.4) is 0 Å². The van der Waals surface area contributed by atoms with Crippen molar-refractivity contribution in [1.82, 2.24) is 25.3 Å². The molecule has 0 aromatic carbocycles. The van der Waals surface area contributed by atoms with Gasteiger partial charge in [0.15, 0.2) is 0 Å². The van der Waals surface area contributed by atoms with Crippen molar-refractivity contribution >= 4 is 39.4 Å². The number of aryl methyl sites for hydroxylation is 1. The first-order chi connectivity index (χ1) is 13.8. The van der Waals surface area contributed by atoms with Gasteiger partial charge in [-0.3, -0.25) is 24.4 Å². The average Bonchev–Trinajstić information content (AvgIpc) is 3.22. The number of imide groups is 1. The van der Waals surface area contributed by atoms with E-state index in [1.807, 2.05) is 6.92 Å². The van der Waals surface area contributed by atoms with Crippen LogP contribution in [0.25, 0.3) is 10.2 Å². The molecule has 0 unspecified atom stereocenters. The molecule has 1 aliphatic carbocycles. The predicted molar refractivity (Wildman–Crippen MR) is 107 cm³/mol. The third kappa shape index (κ3) is 3.41. The Labute approximate surface area is 171 Å². The van der Waals surface area contributed by atoms with Crippen LogP contribution in [0.2, 0.25) is 0 Å². The number of nitrogens with one attached hydrogen (secondary N) is 2. The van der Waals surface area contributed by atoms with E-state index in [9.17, 15) is 19.2 Å². The Morgan fingerprint density at radius 3 is 2.76 bits per heavy atom. The molecule has 1 spiro atoms. The Kier molecular flexibility index (Phi) is 4.89. The van der Waals surface area contributed by atoms with E-state index >= 15 is 0 Å². The van der Waals surface area contributed by atoms with Gasteiger partial charge in [0.05, 0.1) is 11.7 Å². The highest BCUT2D eigenvalue weighted by Gasteiger charge is 2.52. The molecule has 9 nitrogen and oxygen atoms in total. The van der Waals surface area contributed by atoms with Gasteiger partial charge in [-0.25, -0.2) is 9.78 Å². The summed E-state index contributed by atoms with van der Waals surface area (Å²) in [5, 5.41) is 3.96. The first kappa shape index (κ1) is 19.6. The number of amides is 4. The minimum Gasteiger partial charge on any atom is -0.322 e. The highest BCUT2D eigenvalue weighted by molar-refractivity contribution is 7.18. The lowest BCUT2D eigenvalue weighted by Gasteiger charge is -2.33. The molecule has 4 rings (SSSR count). The molecule has 2 aromatic rings. The topological polar surface area (TPSA) is 113 Å². The zero-order valence-electron chi connectivity index (χ0n) is 16.4. The molecule has 0 bridgehead atoms. The molecular weight excluding hydrogens is 394 g/mol. The van der Waals surface area contributed by atoms with E-state index in [1.54, 1.807) is 6.07 Å². The van der Waals surface area contributed by atoms with Gasteiger partial charge in [0, 0.05) is 4.88 Å². The largest absolute Gasteiger partial charge is 0.344 e. The number of aromatic nitrogens is 2. The predicted octanol–water partition coefficient (Wildman–Crippen LogP) is 1.55. The van der Waals surface area contributed by atoms with E-state index in [0.29, 0.717) is 29.0 Å². The van der Waals surface area contributed by atoms with Crippen LogP contribution in [-0.2, 0) is 22.6 Å². The number of nitrogens with zero attached hydrogens (tertiary/aromatic N) is 3. The number of thiophene rings is 1. The quantitative estimate of drug-likeness (QED) is 0.733. The second-order valence-corrected chi connectivity index (χ2v) is 8.95. The summed E-state index contributed by atoms with van der Waals surface area (Å²) in [6, 6.07) is 1.15. The zero-order valence-corrected chi connectivity index (χ0v) is 17.2. The van der Waals surface area contributed by atoms with Gasteiger partial charge in [-0.1, -0.05) is 13.8 Å². The number of hydrazine groups is 1. The van der Waals surface area contributed by atoms with Crippen molar-refractivity contribution in [1.29, 1.82) is 0 Å². The Bertz CT molecular complexity index is 1050. The zero-order chi connectivity index (χ0) is 20.8. The summed E-state index contributed by atoms with van der Waals surface area (Å²) in [5.41, 5.74) is 1.10. The molecule has 154 valence electrons. The number of hydrogen-bond acceptors (Lipinski definition) is 6. The van der Waals surface area contributed by atoms with Gasteiger partial charge < -0.3 is 5.32 Å². The Hall–Kier alpha value is -2.75.